The maximum Gasteiger partial charge on any atom is 0.258 e. The Labute approximate surface area is 120 Å². The zero-order chi connectivity index (χ0) is 14.8. The van der Waals surface area contributed by atoms with Crippen LogP contribution in [0.15, 0.2) is 34.9 Å². The Morgan fingerprint density at radius 2 is 2.00 bits per heavy atom. The highest BCUT2D eigenvalue weighted by Crippen LogP contribution is 2.31. The largest absolute Gasteiger partial charge is 0.504 e. The summed E-state index contributed by atoms with van der Waals surface area (Å²) in [4.78, 5) is 4.24. The Kier molecular flexibility index (Phi) is 3.23. The van der Waals surface area contributed by atoms with Gasteiger partial charge in [-0.2, -0.15) is 10.1 Å². The molecular weight excluding hydrogens is 272 g/mol. The summed E-state index contributed by atoms with van der Waals surface area (Å²) in [5, 5.41) is 21.6. The van der Waals surface area contributed by atoms with Crippen LogP contribution < -0.4 is 4.74 Å². The molecule has 0 fully saturated rings. The van der Waals surface area contributed by atoms with Crippen molar-refractivity contribution < 1.29 is 14.4 Å². The van der Waals surface area contributed by atoms with Crippen molar-refractivity contribution in [2.45, 2.75) is 6.92 Å². The summed E-state index contributed by atoms with van der Waals surface area (Å²) in [6.07, 6.45) is 0. The number of phenols is 1. The second kappa shape index (κ2) is 5.20. The lowest BCUT2D eigenvalue weighted by molar-refractivity contribution is 0.373. The molecule has 0 unspecified atom stereocenters. The number of hydrogen-bond donors (Lipinski definition) is 1. The molecule has 7 nitrogen and oxygen atoms in total. The molecule has 2 heterocycles. The number of methoxy groups -OCH3 is 1. The maximum absolute atomic E-state index is 9.77. The molecular formula is C14H12N4O3. The van der Waals surface area contributed by atoms with Crippen LogP contribution in [0.4, 0.5) is 0 Å². The summed E-state index contributed by atoms with van der Waals surface area (Å²) in [5.74, 6) is 1.01. The molecule has 1 aromatic carbocycles. The van der Waals surface area contributed by atoms with Gasteiger partial charge in [-0.15, -0.1) is 5.10 Å². The number of aromatic hydroxyl groups is 1. The molecule has 0 spiro atoms. The molecule has 2 aromatic heterocycles. The number of aryl methyl sites for hydroxylation is 1. The third kappa shape index (κ3) is 2.53. The van der Waals surface area contributed by atoms with Gasteiger partial charge in [-0.1, -0.05) is 5.16 Å². The fourth-order valence-corrected chi connectivity index (χ4v) is 1.79. The van der Waals surface area contributed by atoms with Crippen molar-refractivity contribution in [1.29, 1.82) is 0 Å². The Morgan fingerprint density at radius 3 is 2.67 bits per heavy atom. The van der Waals surface area contributed by atoms with Crippen LogP contribution in [0.5, 0.6) is 11.5 Å². The van der Waals surface area contributed by atoms with E-state index in [1.165, 1.54) is 13.2 Å². The van der Waals surface area contributed by atoms with Crippen molar-refractivity contribution in [3.8, 4) is 34.5 Å². The second-order valence-corrected chi connectivity index (χ2v) is 4.37. The SMILES string of the molecule is COc1ccc(-c2nc(-c3ccc(C)nn3)no2)cc1O. The van der Waals surface area contributed by atoms with E-state index in [2.05, 4.69) is 20.3 Å². The Balaban J connectivity index is 1.94. The van der Waals surface area contributed by atoms with Crippen molar-refractivity contribution in [3.05, 3.63) is 36.0 Å². The Bertz CT molecular complexity index is 768. The van der Waals surface area contributed by atoms with Gasteiger partial charge in [0.05, 0.1) is 12.8 Å². The van der Waals surface area contributed by atoms with Gasteiger partial charge < -0.3 is 14.4 Å². The maximum atomic E-state index is 9.77. The molecule has 0 bridgehead atoms. The van der Waals surface area contributed by atoms with E-state index in [0.29, 0.717) is 22.8 Å². The normalized spacial score (nSPS) is 10.6. The monoisotopic (exact) mass is 284 g/mol. The van der Waals surface area contributed by atoms with E-state index < -0.39 is 0 Å². The highest BCUT2D eigenvalue weighted by molar-refractivity contribution is 5.61. The molecule has 0 aliphatic heterocycles. The lowest BCUT2D eigenvalue weighted by atomic mass is 10.2. The fraction of sp³-hybridized carbons (Fsp3) is 0.143. The minimum absolute atomic E-state index is 0.00452. The predicted molar refractivity (Wildman–Crippen MR) is 73.7 cm³/mol. The smallest absolute Gasteiger partial charge is 0.258 e. The van der Waals surface area contributed by atoms with E-state index in [1.807, 2.05) is 13.0 Å². The van der Waals surface area contributed by atoms with Crippen LogP contribution >= 0.6 is 0 Å². The molecule has 0 atom stereocenters. The molecule has 7 heteroatoms. The van der Waals surface area contributed by atoms with Crippen LogP contribution in [0.1, 0.15) is 5.69 Å². The molecule has 1 N–H and O–H groups in total. The molecule has 3 aromatic rings. The van der Waals surface area contributed by atoms with Crippen molar-refractivity contribution in [2.24, 2.45) is 0 Å². The van der Waals surface area contributed by atoms with Crippen LogP contribution in [-0.2, 0) is 0 Å². The fourth-order valence-electron chi connectivity index (χ4n) is 1.79. The van der Waals surface area contributed by atoms with Gasteiger partial charge in [0.2, 0.25) is 5.82 Å². The van der Waals surface area contributed by atoms with Crippen LogP contribution in [0.2, 0.25) is 0 Å². The molecule has 0 aliphatic rings. The first kappa shape index (κ1) is 13.0. The third-order valence-electron chi connectivity index (χ3n) is 2.88. The van der Waals surface area contributed by atoms with Gasteiger partial charge in [0.15, 0.2) is 11.5 Å². The van der Waals surface area contributed by atoms with Gasteiger partial charge in [0.25, 0.3) is 5.89 Å². The summed E-state index contributed by atoms with van der Waals surface area (Å²) < 4.78 is 10.2. The summed E-state index contributed by atoms with van der Waals surface area (Å²) in [6.45, 7) is 1.85. The van der Waals surface area contributed by atoms with Crippen molar-refractivity contribution >= 4 is 0 Å². The zero-order valence-electron chi connectivity index (χ0n) is 11.4. The number of nitrogens with zero attached hydrogens (tertiary/aromatic N) is 4. The standard InChI is InChI=1S/C14H12N4O3/c1-8-3-5-10(17-16-8)13-15-14(21-18-13)9-4-6-12(20-2)11(19)7-9/h3-7,19H,1-2H3. The average molecular weight is 284 g/mol. The molecule has 0 saturated carbocycles. The van der Waals surface area contributed by atoms with Crippen LogP contribution in [0, 0.1) is 6.92 Å². The van der Waals surface area contributed by atoms with Crippen molar-refractivity contribution in [3.63, 3.8) is 0 Å². The quantitative estimate of drug-likeness (QED) is 0.787. The highest BCUT2D eigenvalue weighted by Gasteiger charge is 2.13. The average Bonchev–Trinajstić information content (AvgIpc) is 2.98. The van der Waals surface area contributed by atoms with Gasteiger partial charge in [-0.25, -0.2) is 0 Å². The number of aromatic nitrogens is 4. The number of benzene rings is 1. The topological polar surface area (TPSA) is 94.2 Å². The predicted octanol–water partition coefficient (Wildman–Crippen LogP) is 2.22. The van der Waals surface area contributed by atoms with E-state index in [4.69, 9.17) is 9.26 Å². The molecule has 3 rings (SSSR count). The van der Waals surface area contributed by atoms with E-state index in [1.54, 1.807) is 18.2 Å². The summed E-state index contributed by atoms with van der Waals surface area (Å²) in [7, 11) is 1.48. The summed E-state index contributed by atoms with van der Waals surface area (Å²) >= 11 is 0. The van der Waals surface area contributed by atoms with Crippen LogP contribution in [0.3, 0.4) is 0 Å². The van der Waals surface area contributed by atoms with E-state index in [9.17, 15) is 5.11 Å². The molecule has 106 valence electrons. The number of phenolic OH excluding ortho intramolecular Hbond substituents is 1. The first-order valence-corrected chi connectivity index (χ1v) is 6.19. The highest BCUT2D eigenvalue weighted by atomic mass is 16.5. The lowest BCUT2D eigenvalue weighted by Gasteiger charge is -2.03. The van der Waals surface area contributed by atoms with Crippen LogP contribution in [0.25, 0.3) is 23.0 Å². The lowest BCUT2D eigenvalue weighted by Crippen LogP contribution is -1.91. The first-order valence-electron chi connectivity index (χ1n) is 6.19. The van der Waals surface area contributed by atoms with E-state index >= 15 is 0 Å². The van der Waals surface area contributed by atoms with Gasteiger partial charge in [0, 0.05) is 5.56 Å². The molecule has 21 heavy (non-hydrogen) atoms. The van der Waals surface area contributed by atoms with Crippen molar-refractivity contribution in [1.82, 2.24) is 20.3 Å². The first-order chi connectivity index (χ1) is 10.2. The number of ether oxygens (including phenoxy) is 1. The van der Waals surface area contributed by atoms with E-state index in [0.717, 1.165) is 5.69 Å². The van der Waals surface area contributed by atoms with E-state index in [-0.39, 0.29) is 11.6 Å². The van der Waals surface area contributed by atoms with Gasteiger partial charge in [-0.3, -0.25) is 0 Å². The number of hydrogen-bond acceptors (Lipinski definition) is 7. The summed E-state index contributed by atoms with van der Waals surface area (Å²) in [6, 6.07) is 8.42. The Hall–Kier alpha value is -2.96. The van der Waals surface area contributed by atoms with Crippen LogP contribution in [-0.4, -0.2) is 32.6 Å². The minimum Gasteiger partial charge on any atom is -0.504 e. The molecule has 0 aliphatic carbocycles. The molecule has 0 radical (unpaired) electrons. The third-order valence-corrected chi connectivity index (χ3v) is 2.88. The molecule has 0 saturated heterocycles. The van der Waals surface area contributed by atoms with Gasteiger partial charge in [-0.05, 0) is 37.3 Å². The minimum atomic E-state index is 0.00452. The zero-order valence-corrected chi connectivity index (χ0v) is 11.4. The van der Waals surface area contributed by atoms with Gasteiger partial charge >= 0.3 is 0 Å². The van der Waals surface area contributed by atoms with Gasteiger partial charge in [0.1, 0.15) is 5.69 Å². The second-order valence-electron chi connectivity index (χ2n) is 4.37. The Morgan fingerprint density at radius 1 is 1.14 bits per heavy atom. The molecule has 0 amide bonds. The van der Waals surface area contributed by atoms with Crippen molar-refractivity contribution in [2.75, 3.05) is 7.11 Å². The summed E-state index contributed by atoms with van der Waals surface area (Å²) in [5.41, 5.74) is 1.92. The number of rotatable bonds is 3.